The zero-order valence-corrected chi connectivity index (χ0v) is 20.7. The second-order valence-corrected chi connectivity index (χ2v) is 8.48. The number of nitrogens with one attached hydrogen (secondary N) is 2. The molecule has 0 radical (unpaired) electrons. The third-order valence-electron chi connectivity index (χ3n) is 5.57. The van der Waals surface area contributed by atoms with Gasteiger partial charge in [0.1, 0.15) is 6.17 Å². The summed E-state index contributed by atoms with van der Waals surface area (Å²) in [6.07, 6.45) is 12.0. The Bertz CT molecular complexity index is 1230. The first-order valence-corrected chi connectivity index (χ1v) is 11.5. The fourth-order valence-corrected chi connectivity index (χ4v) is 3.50. The van der Waals surface area contributed by atoms with Gasteiger partial charge < -0.3 is 32.6 Å². The number of nitrogens with two attached hydrogens (primary N) is 3. The number of aromatic nitrogens is 1. The van der Waals surface area contributed by atoms with Gasteiger partial charge in [-0.25, -0.2) is 4.79 Å². The van der Waals surface area contributed by atoms with Gasteiger partial charge in [0.05, 0.1) is 36.4 Å². The van der Waals surface area contributed by atoms with E-state index in [1.54, 1.807) is 30.7 Å². The average Bonchev–Trinajstić information content (AvgIpc) is 2.89. The standard InChI is InChI=1S/C27H33N7O2/c1-17(2)20(12-28)11-25(30)34-26-9-8-23-24(33-26)10-21(16-32-23)22(13-29)15-31-14-18-4-6-19(7-5-18)27(35)36-3/h4-13,15-17,26,33-34H,14,28-30H2,1-3H3/b20-12+,22-13?,25-11+,31-15?. The van der Waals surface area contributed by atoms with Crippen LogP contribution in [0.5, 0.6) is 0 Å². The first-order valence-electron chi connectivity index (χ1n) is 11.5. The summed E-state index contributed by atoms with van der Waals surface area (Å²) < 4.78 is 4.72. The summed E-state index contributed by atoms with van der Waals surface area (Å²) in [4.78, 5) is 20.6. The van der Waals surface area contributed by atoms with Crippen LogP contribution >= 0.6 is 0 Å². The minimum atomic E-state index is -0.370. The van der Waals surface area contributed by atoms with E-state index in [0.717, 1.165) is 33.7 Å². The number of carbonyl (C=O) groups is 1. The number of hydrogen-bond acceptors (Lipinski definition) is 9. The lowest BCUT2D eigenvalue weighted by molar-refractivity contribution is 0.0600. The van der Waals surface area contributed by atoms with Crippen molar-refractivity contribution in [2.24, 2.45) is 28.1 Å². The van der Waals surface area contributed by atoms with Gasteiger partial charge >= 0.3 is 5.97 Å². The van der Waals surface area contributed by atoms with Crippen molar-refractivity contribution >= 4 is 29.5 Å². The van der Waals surface area contributed by atoms with Crippen molar-refractivity contribution in [1.82, 2.24) is 10.3 Å². The molecule has 1 aliphatic heterocycles. The average molecular weight is 488 g/mol. The number of carbonyl (C=O) groups excluding carboxylic acids is 1. The van der Waals surface area contributed by atoms with Gasteiger partial charge in [-0.2, -0.15) is 0 Å². The van der Waals surface area contributed by atoms with Crippen molar-refractivity contribution in [3.63, 3.8) is 0 Å². The lowest BCUT2D eigenvalue weighted by Gasteiger charge is -2.24. The number of nitrogens with zero attached hydrogens (tertiary/aromatic N) is 2. The molecule has 188 valence electrons. The van der Waals surface area contributed by atoms with E-state index in [9.17, 15) is 4.79 Å². The van der Waals surface area contributed by atoms with Crippen LogP contribution in [0.3, 0.4) is 0 Å². The Kier molecular flexibility index (Phi) is 8.88. The molecule has 1 aliphatic rings. The molecular weight excluding hydrogens is 454 g/mol. The van der Waals surface area contributed by atoms with E-state index in [1.807, 2.05) is 36.4 Å². The predicted molar refractivity (Wildman–Crippen MR) is 145 cm³/mol. The van der Waals surface area contributed by atoms with E-state index in [-0.39, 0.29) is 18.1 Å². The zero-order chi connectivity index (χ0) is 26.1. The molecule has 0 amide bonds. The van der Waals surface area contributed by atoms with E-state index >= 15 is 0 Å². The number of methoxy groups -OCH3 is 1. The van der Waals surface area contributed by atoms with Crippen LogP contribution in [0.4, 0.5) is 5.69 Å². The Labute approximate surface area is 211 Å². The van der Waals surface area contributed by atoms with Gasteiger partial charge in [-0.3, -0.25) is 9.98 Å². The molecule has 36 heavy (non-hydrogen) atoms. The van der Waals surface area contributed by atoms with Crippen molar-refractivity contribution in [3.05, 3.63) is 94.9 Å². The molecule has 2 heterocycles. The van der Waals surface area contributed by atoms with Gasteiger partial charge in [0.15, 0.2) is 0 Å². The quantitative estimate of drug-likeness (QED) is 0.205. The third-order valence-corrected chi connectivity index (χ3v) is 5.57. The molecule has 0 saturated carbocycles. The normalized spacial score (nSPS) is 16.1. The van der Waals surface area contributed by atoms with Crippen molar-refractivity contribution < 1.29 is 9.53 Å². The lowest BCUT2D eigenvalue weighted by atomic mass is 10.0. The number of aliphatic imine (C=N–C) groups is 1. The Balaban J connectivity index is 1.67. The van der Waals surface area contributed by atoms with Crippen LogP contribution in [0.2, 0.25) is 0 Å². The summed E-state index contributed by atoms with van der Waals surface area (Å²) in [5, 5.41) is 6.62. The monoisotopic (exact) mass is 487 g/mol. The number of anilines is 1. The molecular formula is C27H33N7O2. The number of rotatable bonds is 9. The summed E-state index contributed by atoms with van der Waals surface area (Å²) in [5.41, 5.74) is 23.3. The maximum Gasteiger partial charge on any atom is 0.337 e. The largest absolute Gasteiger partial charge is 0.465 e. The number of fused-ring (bicyclic) bond motifs is 1. The molecule has 1 unspecified atom stereocenters. The molecule has 0 aliphatic carbocycles. The van der Waals surface area contributed by atoms with E-state index in [2.05, 4.69) is 34.5 Å². The first-order chi connectivity index (χ1) is 17.3. The van der Waals surface area contributed by atoms with Crippen molar-refractivity contribution in [1.29, 1.82) is 0 Å². The van der Waals surface area contributed by atoms with E-state index < -0.39 is 0 Å². The van der Waals surface area contributed by atoms with Gasteiger partial charge in [-0.15, -0.1) is 0 Å². The van der Waals surface area contributed by atoms with Crippen LogP contribution in [-0.4, -0.2) is 30.4 Å². The van der Waals surface area contributed by atoms with Gasteiger partial charge in [-0.05, 0) is 59.7 Å². The van der Waals surface area contributed by atoms with E-state index in [0.29, 0.717) is 17.9 Å². The van der Waals surface area contributed by atoms with Crippen LogP contribution < -0.4 is 27.8 Å². The molecule has 0 spiro atoms. The minimum absolute atomic E-state index is 0.219. The smallest absolute Gasteiger partial charge is 0.337 e. The SMILES string of the molecule is COC(=O)c1ccc(CN=CC(=CN)c2cnc3c(c2)NC(N/C(N)=C/C(=C\N)C(C)C)C=C3)cc1. The Morgan fingerprint density at radius 1 is 1.22 bits per heavy atom. The number of benzene rings is 1. The Hall–Kier alpha value is -4.53. The van der Waals surface area contributed by atoms with Gasteiger partial charge in [0.2, 0.25) is 0 Å². The highest BCUT2D eigenvalue weighted by molar-refractivity contribution is 6.09. The highest BCUT2D eigenvalue weighted by Crippen LogP contribution is 2.24. The highest BCUT2D eigenvalue weighted by Gasteiger charge is 2.15. The molecule has 2 aromatic rings. The maximum atomic E-state index is 11.6. The summed E-state index contributed by atoms with van der Waals surface area (Å²) in [6.45, 7) is 4.54. The zero-order valence-electron chi connectivity index (χ0n) is 20.7. The molecule has 1 atom stereocenters. The van der Waals surface area contributed by atoms with Crippen LogP contribution in [0.25, 0.3) is 11.6 Å². The summed E-state index contributed by atoms with van der Waals surface area (Å²) in [6, 6.07) is 9.08. The Morgan fingerprint density at radius 2 is 1.97 bits per heavy atom. The van der Waals surface area contributed by atoms with Crippen LogP contribution in [0.1, 0.15) is 41.0 Å². The fourth-order valence-electron chi connectivity index (χ4n) is 3.50. The second kappa shape index (κ2) is 12.3. The molecule has 1 aromatic carbocycles. The second-order valence-electron chi connectivity index (χ2n) is 8.48. The van der Waals surface area contributed by atoms with Crippen LogP contribution in [0.15, 0.2) is 77.5 Å². The van der Waals surface area contributed by atoms with Crippen molar-refractivity contribution in [3.8, 4) is 0 Å². The molecule has 1 aromatic heterocycles. The molecule has 8 N–H and O–H groups in total. The molecule has 9 heteroatoms. The minimum Gasteiger partial charge on any atom is -0.465 e. The predicted octanol–water partition coefficient (Wildman–Crippen LogP) is 3.09. The summed E-state index contributed by atoms with van der Waals surface area (Å²) in [5.74, 6) is 0.398. The number of pyridine rings is 1. The van der Waals surface area contributed by atoms with Gasteiger partial charge in [-0.1, -0.05) is 26.0 Å². The third kappa shape index (κ3) is 6.75. The first kappa shape index (κ1) is 26.1. The lowest BCUT2D eigenvalue weighted by Crippen LogP contribution is -2.38. The highest BCUT2D eigenvalue weighted by atomic mass is 16.5. The van der Waals surface area contributed by atoms with Gasteiger partial charge in [0.25, 0.3) is 0 Å². The number of hydrogen-bond donors (Lipinski definition) is 5. The maximum absolute atomic E-state index is 11.6. The Morgan fingerprint density at radius 3 is 2.61 bits per heavy atom. The van der Waals surface area contributed by atoms with Crippen LogP contribution in [0, 0.1) is 5.92 Å². The molecule has 0 saturated heterocycles. The van der Waals surface area contributed by atoms with Gasteiger partial charge in [0, 0.05) is 29.7 Å². The molecule has 0 bridgehead atoms. The topological polar surface area (TPSA) is 154 Å². The molecule has 9 nitrogen and oxygen atoms in total. The van der Waals surface area contributed by atoms with E-state index in [4.69, 9.17) is 21.9 Å². The summed E-state index contributed by atoms with van der Waals surface area (Å²) in [7, 11) is 1.36. The van der Waals surface area contributed by atoms with Crippen molar-refractivity contribution in [2.75, 3.05) is 12.4 Å². The molecule has 0 fully saturated rings. The number of allylic oxidation sites excluding steroid dienone is 3. The number of ether oxygens (including phenoxy) is 1. The summed E-state index contributed by atoms with van der Waals surface area (Å²) >= 11 is 0. The number of esters is 1. The molecule has 3 rings (SSSR count). The van der Waals surface area contributed by atoms with Crippen LogP contribution in [-0.2, 0) is 11.3 Å². The van der Waals surface area contributed by atoms with E-state index in [1.165, 1.54) is 13.3 Å². The fraction of sp³-hybridized carbons (Fsp3) is 0.222. The van der Waals surface area contributed by atoms with Crippen molar-refractivity contribution in [2.45, 2.75) is 26.6 Å².